The van der Waals surface area contributed by atoms with Crippen LogP contribution in [0.2, 0.25) is 0 Å². The number of hydrogen-bond acceptors (Lipinski definition) is 6. The third-order valence-electron chi connectivity index (χ3n) is 4.70. The Morgan fingerprint density at radius 2 is 2.16 bits per heavy atom. The van der Waals surface area contributed by atoms with E-state index in [9.17, 15) is 4.79 Å². The second-order valence-corrected chi connectivity index (χ2v) is 6.49. The molecule has 7 nitrogen and oxygen atoms in total. The van der Waals surface area contributed by atoms with Crippen LogP contribution in [0.1, 0.15) is 17.7 Å². The molecule has 1 N–H and O–H groups in total. The number of hydrogen-bond donors (Lipinski definition) is 1. The third-order valence-corrected chi connectivity index (χ3v) is 4.70. The number of aromatic nitrogens is 2. The van der Waals surface area contributed by atoms with E-state index in [2.05, 4.69) is 49.4 Å². The maximum Gasteiger partial charge on any atom is 0.239 e. The van der Waals surface area contributed by atoms with Crippen LogP contribution < -0.4 is 5.32 Å². The summed E-state index contributed by atoms with van der Waals surface area (Å²) in [6, 6.07) is 10.5. The maximum absolute atomic E-state index is 12.2. The number of carbonyl (C=O) groups is 1. The van der Waals surface area contributed by atoms with Crippen LogP contribution in [0.3, 0.4) is 0 Å². The molecule has 25 heavy (non-hydrogen) atoms. The summed E-state index contributed by atoms with van der Waals surface area (Å²) in [4.78, 5) is 14.3. The van der Waals surface area contributed by atoms with Crippen LogP contribution >= 0.6 is 0 Å². The Balaban J connectivity index is 1.52. The van der Waals surface area contributed by atoms with Crippen molar-refractivity contribution >= 4 is 11.7 Å². The first kappa shape index (κ1) is 17.6. The number of piperidine rings is 1. The van der Waals surface area contributed by atoms with E-state index in [1.807, 2.05) is 6.07 Å². The quantitative estimate of drug-likeness (QED) is 0.862. The van der Waals surface area contributed by atoms with Crippen molar-refractivity contribution in [2.75, 3.05) is 32.1 Å². The van der Waals surface area contributed by atoms with E-state index in [4.69, 9.17) is 4.74 Å². The molecule has 0 spiro atoms. The van der Waals surface area contributed by atoms with Gasteiger partial charge in [0, 0.05) is 13.7 Å². The lowest BCUT2D eigenvalue weighted by Gasteiger charge is -2.37. The molecule has 0 aliphatic carbocycles. The van der Waals surface area contributed by atoms with E-state index in [0.29, 0.717) is 24.0 Å². The predicted octanol–water partition coefficient (Wildman–Crippen LogP) is 1.90. The zero-order chi connectivity index (χ0) is 17.6. The van der Waals surface area contributed by atoms with Crippen molar-refractivity contribution in [3.8, 4) is 0 Å². The molecule has 3 rings (SSSR count). The van der Waals surface area contributed by atoms with Crippen molar-refractivity contribution < 1.29 is 14.2 Å². The first-order valence-electron chi connectivity index (χ1n) is 8.53. The molecule has 1 aliphatic rings. The van der Waals surface area contributed by atoms with Gasteiger partial charge in [0.1, 0.15) is 5.69 Å². The number of methoxy groups -OCH3 is 1. The van der Waals surface area contributed by atoms with Crippen molar-refractivity contribution in [3.63, 3.8) is 0 Å². The molecular formula is C18H24N4O3. The van der Waals surface area contributed by atoms with Crippen LogP contribution in [0.4, 0.5) is 5.82 Å². The van der Waals surface area contributed by atoms with Gasteiger partial charge in [-0.3, -0.25) is 9.69 Å². The van der Waals surface area contributed by atoms with Gasteiger partial charge in [0.15, 0.2) is 5.82 Å². The average Bonchev–Trinajstić information content (AvgIpc) is 3.02. The first-order valence-corrected chi connectivity index (χ1v) is 8.53. The highest BCUT2D eigenvalue weighted by Crippen LogP contribution is 2.24. The summed E-state index contributed by atoms with van der Waals surface area (Å²) < 4.78 is 10.3. The molecule has 0 saturated carbocycles. The second kappa shape index (κ2) is 8.22. The number of ether oxygens (including phenoxy) is 1. The Morgan fingerprint density at radius 3 is 2.84 bits per heavy atom. The number of rotatable bonds is 6. The lowest BCUT2D eigenvalue weighted by Crippen LogP contribution is -2.47. The zero-order valence-corrected chi connectivity index (χ0v) is 14.6. The smallest absolute Gasteiger partial charge is 0.239 e. The maximum atomic E-state index is 12.2. The second-order valence-electron chi connectivity index (χ2n) is 6.49. The molecule has 1 aromatic carbocycles. The zero-order valence-electron chi connectivity index (χ0n) is 14.6. The SMILES string of the molecule is CO[C@H]1CN(CC(=O)Nc2nonc2C)CC[C@@H]1Cc1ccccc1. The van der Waals surface area contributed by atoms with E-state index >= 15 is 0 Å². The number of anilines is 1. The predicted molar refractivity (Wildman–Crippen MR) is 93.2 cm³/mol. The number of nitrogens with one attached hydrogen (secondary N) is 1. The number of carbonyl (C=O) groups excluding carboxylic acids is 1. The number of nitrogens with zero attached hydrogens (tertiary/aromatic N) is 3. The molecule has 7 heteroatoms. The van der Waals surface area contributed by atoms with E-state index in [-0.39, 0.29) is 12.0 Å². The minimum absolute atomic E-state index is 0.116. The standard InChI is InChI=1S/C18H24N4O3/c1-13-18(21-25-20-13)19-17(23)12-22-9-8-15(16(11-22)24-2)10-14-6-4-3-5-7-14/h3-7,15-16H,8-12H2,1-2H3,(H,19,21,23)/t15-,16+/m1/s1. The van der Waals surface area contributed by atoms with Gasteiger partial charge in [0.25, 0.3) is 0 Å². The van der Waals surface area contributed by atoms with Crippen LogP contribution in [-0.4, -0.2) is 54.0 Å². The van der Waals surface area contributed by atoms with Crippen molar-refractivity contribution in [3.05, 3.63) is 41.6 Å². The third kappa shape index (κ3) is 4.64. The molecule has 1 saturated heterocycles. The summed E-state index contributed by atoms with van der Waals surface area (Å²) >= 11 is 0. The summed E-state index contributed by atoms with van der Waals surface area (Å²) in [5.41, 5.74) is 1.90. The molecule has 1 aliphatic heterocycles. The lowest BCUT2D eigenvalue weighted by atomic mass is 9.87. The minimum Gasteiger partial charge on any atom is -0.380 e. The van der Waals surface area contributed by atoms with Crippen molar-refractivity contribution in [1.82, 2.24) is 15.2 Å². The number of aryl methyl sites for hydroxylation is 1. The highest BCUT2D eigenvalue weighted by molar-refractivity contribution is 5.91. The monoisotopic (exact) mass is 344 g/mol. The fourth-order valence-electron chi connectivity index (χ4n) is 3.31. The Kier molecular flexibility index (Phi) is 5.78. The summed E-state index contributed by atoms with van der Waals surface area (Å²) in [6.45, 7) is 3.67. The molecule has 0 unspecified atom stereocenters. The molecular weight excluding hydrogens is 320 g/mol. The van der Waals surface area contributed by atoms with Crippen LogP contribution in [0.5, 0.6) is 0 Å². The van der Waals surface area contributed by atoms with Crippen molar-refractivity contribution in [1.29, 1.82) is 0 Å². The van der Waals surface area contributed by atoms with E-state index in [1.54, 1.807) is 14.0 Å². The Bertz CT molecular complexity index is 689. The Labute approximate surface area is 147 Å². The van der Waals surface area contributed by atoms with Crippen LogP contribution in [0.15, 0.2) is 35.0 Å². The van der Waals surface area contributed by atoms with Gasteiger partial charge in [-0.1, -0.05) is 35.5 Å². The summed E-state index contributed by atoms with van der Waals surface area (Å²) in [6.07, 6.45) is 2.13. The first-order chi connectivity index (χ1) is 12.2. The van der Waals surface area contributed by atoms with Crippen LogP contribution in [0.25, 0.3) is 0 Å². The van der Waals surface area contributed by atoms with Crippen LogP contribution in [-0.2, 0) is 16.0 Å². The molecule has 0 bridgehead atoms. The molecule has 1 amide bonds. The molecule has 2 aromatic rings. The normalized spacial score (nSPS) is 21.2. The molecule has 2 atom stereocenters. The van der Waals surface area contributed by atoms with E-state index < -0.39 is 0 Å². The average molecular weight is 344 g/mol. The molecule has 0 radical (unpaired) electrons. The highest BCUT2D eigenvalue weighted by atomic mass is 16.6. The molecule has 134 valence electrons. The fourth-order valence-corrected chi connectivity index (χ4v) is 3.31. The van der Waals surface area contributed by atoms with Gasteiger partial charge in [-0.25, -0.2) is 4.63 Å². The van der Waals surface area contributed by atoms with Gasteiger partial charge in [-0.2, -0.15) is 0 Å². The Morgan fingerprint density at radius 1 is 1.36 bits per heavy atom. The topological polar surface area (TPSA) is 80.5 Å². The minimum atomic E-state index is -0.116. The fraction of sp³-hybridized carbons (Fsp3) is 0.500. The molecule has 2 heterocycles. The van der Waals surface area contributed by atoms with Gasteiger partial charge in [0.05, 0.1) is 12.6 Å². The van der Waals surface area contributed by atoms with Crippen molar-refractivity contribution in [2.24, 2.45) is 5.92 Å². The molecule has 1 fully saturated rings. The van der Waals surface area contributed by atoms with E-state index in [1.165, 1.54) is 5.56 Å². The lowest BCUT2D eigenvalue weighted by molar-refractivity contribution is -0.118. The summed E-state index contributed by atoms with van der Waals surface area (Å²) in [7, 11) is 1.75. The highest BCUT2D eigenvalue weighted by Gasteiger charge is 2.30. The van der Waals surface area contributed by atoms with Gasteiger partial charge < -0.3 is 10.1 Å². The van der Waals surface area contributed by atoms with Gasteiger partial charge >= 0.3 is 0 Å². The van der Waals surface area contributed by atoms with Crippen molar-refractivity contribution in [2.45, 2.75) is 25.9 Å². The molecule has 1 aromatic heterocycles. The van der Waals surface area contributed by atoms with Gasteiger partial charge in [0.2, 0.25) is 5.91 Å². The van der Waals surface area contributed by atoms with Gasteiger partial charge in [-0.15, -0.1) is 0 Å². The Hall–Kier alpha value is -2.25. The van der Waals surface area contributed by atoms with Crippen LogP contribution in [0, 0.1) is 12.8 Å². The number of likely N-dealkylation sites (tertiary alicyclic amines) is 1. The van der Waals surface area contributed by atoms with Gasteiger partial charge in [-0.05, 0) is 42.9 Å². The van der Waals surface area contributed by atoms with E-state index in [0.717, 1.165) is 25.9 Å². The number of amides is 1. The number of benzene rings is 1. The summed E-state index contributed by atoms with van der Waals surface area (Å²) in [5, 5.41) is 10.1. The summed E-state index contributed by atoms with van der Waals surface area (Å²) in [5.74, 6) is 0.733. The largest absolute Gasteiger partial charge is 0.380 e.